The van der Waals surface area contributed by atoms with Crippen molar-refractivity contribution in [1.29, 1.82) is 0 Å². The van der Waals surface area contributed by atoms with E-state index in [1.807, 2.05) is 24.1 Å². The molecule has 3 rings (SSSR count). The van der Waals surface area contributed by atoms with Crippen LogP contribution in [0.1, 0.15) is 25.3 Å². The maximum atomic E-state index is 12.3. The van der Waals surface area contributed by atoms with Crippen LogP contribution in [-0.2, 0) is 4.79 Å². The van der Waals surface area contributed by atoms with E-state index in [0.29, 0.717) is 42.4 Å². The highest BCUT2D eigenvalue weighted by Gasteiger charge is 2.31. The molecule has 1 fully saturated rings. The summed E-state index contributed by atoms with van der Waals surface area (Å²) in [6.45, 7) is 3.14. The zero-order valence-electron chi connectivity index (χ0n) is 13.9. The third kappa shape index (κ3) is 3.44. The van der Waals surface area contributed by atoms with E-state index in [2.05, 4.69) is 6.92 Å². The first-order valence-electron chi connectivity index (χ1n) is 8.02. The number of carbonyl (C=O) groups excluding carboxylic acids is 1. The summed E-state index contributed by atoms with van der Waals surface area (Å²) in [6, 6.07) is 4.01. The second-order valence-electron chi connectivity index (χ2n) is 6.11. The lowest BCUT2D eigenvalue weighted by atomic mass is 10.1. The normalized spacial score (nSPS) is 17.9. The van der Waals surface area contributed by atoms with Crippen molar-refractivity contribution in [1.82, 2.24) is 4.90 Å². The zero-order chi connectivity index (χ0) is 16.4. The molecule has 0 spiro atoms. The van der Waals surface area contributed by atoms with Crippen molar-refractivity contribution in [2.45, 2.75) is 25.8 Å². The van der Waals surface area contributed by atoms with Crippen molar-refractivity contribution in [3.05, 3.63) is 23.8 Å². The summed E-state index contributed by atoms with van der Waals surface area (Å²) in [5.41, 5.74) is 0.854. The van der Waals surface area contributed by atoms with E-state index in [4.69, 9.17) is 14.2 Å². The summed E-state index contributed by atoms with van der Waals surface area (Å²) in [4.78, 5) is 14.1. The molecule has 5 nitrogen and oxygen atoms in total. The quantitative estimate of drug-likeness (QED) is 0.784. The Morgan fingerprint density at radius 2 is 2.09 bits per heavy atom. The topological polar surface area (TPSA) is 48.0 Å². The van der Waals surface area contributed by atoms with Crippen LogP contribution in [0.3, 0.4) is 0 Å². The van der Waals surface area contributed by atoms with Crippen LogP contribution in [0.4, 0.5) is 0 Å². The highest BCUT2D eigenvalue weighted by molar-refractivity contribution is 5.92. The molecular weight excluding hydrogens is 294 g/mol. The molecule has 1 aliphatic carbocycles. The number of rotatable bonds is 5. The highest BCUT2D eigenvalue weighted by Crippen LogP contribution is 2.40. The summed E-state index contributed by atoms with van der Waals surface area (Å²) in [6.07, 6.45) is 5.84. The van der Waals surface area contributed by atoms with Gasteiger partial charge in [-0.2, -0.15) is 0 Å². The Morgan fingerprint density at radius 1 is 1.35 bits per heavy atom. The van der Waals surface area contributed by atoms with E-state index >= 15 is 0 Å². The van der Waals surface area contributed by atoms with Gasteiger partial charge in [0, 0.05) is 19.2 Å². The standard InChI is InChI=1S/C18H23NO4/c1-12(14-5-6-14)19(2)17(20)7-4-13-10-15(21-3)18-16(11-13)22-8-9-23-18/h4,7,10-12,14H,5-6,8-9H2,1-3H3/b7-4+. The van der Waals surface area contributed by atoms with Crippen molar-refractivity contribution >= 4 is 12.0 Å². The van der Waals surface area contributed by atoms with Gasteiger partial charge in [-0.3, -0.25) is 4.79 Å². The minimum Gasteiger partial charge on any atom is -0.493 e. The molecule has 23 heavy (non-hydrogen) atoms. The van der Waals surface area contributed by atoms with E-state index in [1.165, 1.54) is 12.8 Å². The average Bonchev–Trinajstić information content (AvgIpc) is 3.42. The summed E-state index contributed by atoms with van der Waals surface area (Å²) >= 11 is 0. The van der Waals surface area contributed by atoms with Crippen LogP contribution in [0.5, 0.6) is 17.2 Å². The van der Waals surface area contributed by atoms with Gasteiger partial charge in [0.2, 0.25) is 11.7 Å². The summed E-state index contributed by atoms with van der Waals surface area (Å²) in [5.74, 6) is 2.57. The van der Waals surface area contributed by atoms with Gasteiger partial charge in [0.05, 0.1) is 7.11 Å². The number of ether oxygens (including phenoxy) is 3. The number of nitrogens with zero attached hydrogens (tertiary/aromatic N) is 1. The molecule has 5 heteroatoms. The summed E-state index contributed by atoms with van der Waals surface area (Å²) < 4.78 is 16.5. The van der Waals surface area contributed by atoms with Gasteiger partial charge in [0.15, 0.2) is 11.5 Å². The molecular formula is C18H23NO4. The fourth-order valence-electron chi connectivity index (χ4n) is 2.77. The van der Waals surface area contributed by atoms with Crippen LogP contribution in [-0.4, -0.2) is 44.2 Å². The van der Waals surface area contributed by atoms with Crippen LogP contribution in [0, 0.1) is 5.92 Å². The maximum absolute atomic E-state index is 12.3. The number of amides is 1. The third-order valence-electron chi connectivity index (χ3n) is 4.53. The van der Waals surface area contributed by atoms with Crippen molar-refractivity contribution in [3.63, 3.8) is 0 Å². The van der Waals surface area contributed by atoms with Crippen LogP contribution in [0.15, 0.2) is 18.2 Å². The number of benzene rings is 1. The fraction of sp³-hybridized carbons (Fsp3) is 0.500. The van der Waals surface area contributed by atoms with Gasteiger partial charge in [-0.05, 0) is 49.5 Å². The molecule has 1 heterocycles. The number of hydrogen-bond acceptors (Lipinski definition) is 4. The van der Waals surface area contributed by atoms with E-state index in [-0.39, 0.29) is 5.91 Å². The van der Waals surface area contributed by atoms with Crippen molar-refractivity contribution in [2.75, 3.05) is 27.4 Å². The van der Waals surface area contributed by atoms with Crippen LogP contribution in [0.2, 0.25) is 0 Å². The molecule has 124 valence electrons. The van der Waals surface area contributed by atoms with Crippen LogP contribution < -0.4 is 14.2 Å². The Hall–Kier alpha value is -2.17. The van der Waals surface area contributed by atoms with Gasteiger partial charge in [-0.15, -0.1) is 0 Å². The molecule has 0 radical (unpaired) electrons. The molecule has 1 aromatic carbocycles. The van der Waals surface area contributed by atoms with E-state index in [1.54, 1.807) is 19.3 Å². The Bertz CT molecular complexity index is 604. The lowest BCUT2D eigenvalue weighted by molar-refractivity contribution is -0.126. The SMILES string of the molecule is COc1cc(/C=C/C(=O)N(C)C(C)C2CC2)cc2c1OCCO2. The fourth-order valence-corrected chi connectivity index (χ4v) is 2.77. The lowest BCUT2D eigenvalue weighted by Gasteiger charge is -2.23. The Morgan fingerprint density at radius 3 is 2.78 bits per heavy atom. The van der Waals surface area contributed by atoms with Crippen molar-refractivity contribution < 1.29 is 19.0 Å². The van der Waals surface area contributed by atoms with Gasteiger partial charge < -0.3 is 19.1 Å². The molecule has 1 unspecified atom stereocenters. The Balaban J connectivity index is 1.75. The monoisotopic (exact) mass is 317 g/mol. The van der Waals surface area contributed by atoms with Gasteiger partial charge in [-0.1, -0.05) is 0 Å². The predicted octanol–water partition coefficient (Wildman–Crippen LogP) is 2.74. The Kier molecular flexibility index (Phi) is 4.46. The zero-order valence-corrected chi connectivity index (χ0v) is 13.9. The molecule has 0 saturated heterocycles. The van der Waals surface area contributed by atoms with Crippen LogP contribution in [0.25, 0.3) is 6.08 Å². The number of likely N-dealkylation sites (N-methyl/N-ethyl adjacent to an activating group) is 1. The molecule has 0 N–H and O–H groups in total. The average molecular weight is 317 g/mol. The van der Waals surface area contributed by atoms with Gasteiger partial charge >= 0.3 is 0 Å². The van der Waals surface area contributed by atoms with Gasteiger partial charge in [0.1, 0.15) is 13.2 Å². The first-order chi connectivity index (χ1) is 11.1. The molecule has 1 amide bonds. The van der Waals surface area contributed by atoms with Gasteiger partial charge in [-0.25, -0.2) is 0 Å². The number of fused-ring (bicyclic) bond motifs is 1. The Labute approximate surface area is 136 Å². The van der Waals surface area contributed by atoms with Crippen LogP contribution >= 0.6 is 0 Å². The second kappa shape index (κ2) is 6.52. The minimum absolute atomic E-state index is 0.0123. The predicted molar refractivity (Wildman–Crippen MR) is 88.0 cm³/mol. The summed E-state index contributed by atoms with van der Waals surface area (Å²) in [5, 5.41) is 0. The van der Waals surface area contributed by atoms with Crippen molar-refractivity contribution in [2.24, 2.45) is 5.92 Å². The second-order valence-corrected chi connectivity index (χ2v) is 6.11. The van der Waals surface area contributed by atoms with Crippen molar-refractivity contribution in [3.8, 4) is 17.2 Å². The minimum atomic E-state index is 0.0123. The first-order valence-corrected chi connectivity index (χ1v) is 8.02. The number of methoxy groups -OCH3 is 1. The first kappa shape index (κ1) is 15.7. The molecule has 0 aromatic heterocycles. The molecule has 1 atom stereocenters. The molecule has 1 aliphatic heterocycles. The van der Waals surface area contributed by atoms with E-state index < -0.39 is 0 Å². The lowest BCUT2D eigenvalue weighted by Crippen LogP contribution is -2.35. The third-order valence-corrected chi connectivity index (χ3v) is 4.53. The molecule has 2 aliphatic rings. The maximum Gasteiger partial charge on any atom is 0.246 e. The van der Waals surface area contributed by atoms with Gasteiger partial charge in [0.25, 0.3) is 0 Å². The van der Waals surface area contributed by atoms with E-state index in [9.17, 15) is 4.79 Å². The summed E-state index contributed by atoms with van der Waals surface area (Å²) in [7, 11) is 3.46. The number of hydrogen-bond donors (Lipinski definition) is 0. The molecule has 1 saturated carbocycles. The molecule has 0 bridgehead atoms. The smallest absolute Gasteiger partial charge is 0.246 e. The largest absolute Gasteiger partial charge is 0.493 e. The van der Waals surface area contributed by atoms with E-state index in [0.717, 1.165) is 5.56 Å². The molecule has 1 aromatic rings. The number of carbonyl (C=O) groups is 1. The highest BCUT2D eigenvalue weighted by atomic mass is 16.6.